The number of hydrogen-bond donors (Lipinski definition) is 1. The molecular weight excluding hydrogens is 314 g/mol. The highest BCUT2D eigenvalue weighted by atomic mass is 35.5. The van der Waals surface area contributed by atoms with E-state index in [1.165, 1.54) is 18.5 Å². The molecule has 0 radical (unpaired) electrons. The largest absolute Gasteiger partial charge is 0.486 e. The van der Waals surface area contributed by atoms with Crippen LogP contribution in [-0.2, 0) is 6.54 Å². The highest BCUT2D eigenvalue weighted by molar-refractivity contribution is 6.32. The van der Waals surface area contributed by atoms with Gasteiger partial charge < -0.3 is 14.8 Å². The van der Waals surface area contributed by atoms with Crippen LogP contribution in [0.5, 0.6) is 11.5 Å². The molecule has 5 nitrogen and oxygen atoms in total. The van der Waals surface area contributed by atoms with Gasteiger partial charge in [0.15, 0.2) is 11.5 Å². The van der Waals surface area contributed by atoms with Crippen molar-refractivity contribution in [3.05, 3.63) is 22.7 Å². The first-order valence-electron chi connectivity index (χ1n) is 8.55. The van der Waals surface area contributed by atoms with Crippen LogP contribution in [0.3, 0.4) is 0 Å². The molecule has 1 aromatic rings. The van der Waals surface area contributed by atoms with Crippen LogP contribution < -0.4 is 14.8 Å². The average molecular weight is 338 g/mol. The van der Waals surface area contributed by atoms with E-state index in [0.717, 1.165) is 51.1 Å². The summed E-state index contributed by atoms with van der Waals surface area (Å²) >= 11 is 6.34. The van der Waals surface area contributed by atoms with E-state index < -0.39 is 0 Å². The number of fused-ring (bicyclic) bond motifs is 1. The molecule has 0 spiro atoms. The molecule has 0 aliphatic carbocycles. The lowest BCUT2D eigenvalue weighted by Gasteiger charge is -2.37. The van der Waals surface area contributed by atoms with E-state index >= 15 is 0 Å². The molecule has 0 amide bonds. The number of hydrogen-bond acceptors (Lipinski definition) is 5. The van der Waals surface area contributed by atoms with Crippen molar-refractivity contribution < 1.29 is 9.47 Å². The van der Waals surface area contributed by atoms with Crippen molar-refractivity contribution in [2.24, 2.45) is 0 Å². The van der Waals surface area contributed by atoms with Crippen molar-refractivity contribution >= 4 is 11.6 Å². The van der Waals surface area contributed by atoms with Gasteiger partial charge >= 0.3 is 0 Å². The van der Waals surface area contributed by atoms with Crippen molar-refractivity contribution in [3.63, 3.8) is 0 Å². The maximum atomic E-state index is 6.34. The van der Waals surface area contributed by atoms with Crippen molar-refractivity contribution in [1.82, 2.24) is 15.1 Å². The number of benzene rings is 1. The minimum Gasteiger partial charge on any atom is -0.486 e. The third kappa shape index (κ3) is 3.43. The Morgan fingerprint density at radius 2 is 1.96 bits per heavy atom. The van der Waals surface area contributed by atoms with Crippen molar-refractivity contribution in [1.29, 1.82) is 0 Å². The predicted octanol–water partition coefficient (Wildman–Crippen LogP) is 1.59. The zero-order valence-electron chi connectivity index (χ0n) is 13.4. The fourth-order valence-electron chi connectivity index (χ4n) is 3.75. The van der Waals surface area contributed by atoms with Gasteiger partial charge in [-0.3, -0.25) is 9.80 Å². The molecule has 1 aromatic carbocycles. The number of nitrogens with one attached hydrogen (secondary N) is 1. The highest BCUT2D eigenvalue weighted by Crippen LogP contribution is 2.38. The van der Waals surface area contributed by atoms with Crippen molar-refractivity contribution in [3.8, 4) is 11.5 Å². The fourth-order valence-corrected chi connectivity index (χ4v) is 4.04. The van der Waals surface area contributed by atoms with Crippen LogP contribution in [0.25, 0.3) is 0 Å². The Bertz CT molecular complexity index is 555. The van der Waals surface area contributed by atoms with Gasteiger partial charge in [-0.05, 0) is 30.7 Å². The standard InChI is InChI=1S/C17H24ClN3O2/c18-15-9-13(10-16-17(15)23-8-7-22-16)12-20-3-5-21(6-4-20)14-1-2-19-11-14/h9-10,14,19H,1-8,11-12H2. The summed E-state index contributed by atoms with van der Waals surface area (Å²) in [6.07, 6.45) is 1.29. The molecule has 126 valence electrons. The van der Waals surface area contributed by atoms with Gasteiger partial charge in [0.05, 0.1) is 5.02 Å². The molecular formula is C17H24ClN3O2. The van der Waals surface area contributed by atoms with Gasteiger partial charge in [-0.2, -0.15) is 0 Å². The monoisotopic (exact) mass is 337 g/mol. The first-order valence-corrected chi connectivity index (χ1v) is 8.92. The molecule has 3 aliphatic heterocycles. The van der Waals surface area contributed by atoms with E-state index in [1.54, 1.807) is 0 Å². The Hall–Kier alpha value is -1.01. The Labute approximate surface area is 142 Å². The molecule has 3 heterocycles. The smallest absolute Gasteiger partial charge is 0.179 e. The summed E-state index contributed by atoms with van der Waals surface area (Å²) in [5, 5.41) is 4.12. The lowest BCUT2D eigenvalue weighted by molar-refractivity contribution is 0.0979. The minimum absolute atomic E-state index is 0.573. The number of nitrogens with zero attached hydrogens (tertiary/aromatic N) is 2. The highest BCUT2D eigenvalue weighted by Gasteiger charge is 2.26. The third-order valence-corrected chi connectivity index (χ3v) is 5.30. The van der Waals surface area contributed by atoms with E-state index in [-0.39, 0.29) is 0 Å². The normalized spacial score (nSPS) is 25.7. The molecule has 6 heteroatoms. The van der Waals surface area contributed by atoms with Crippen LogP contribution in [0.1, 0.15) is 12.0 Å². The quantitative estimate of drug-likeness (QED) is 0.906. The van der Waals surface area contributed by atoms with Gasteiger partial charge in [-0.15, -0.1) is 0 Å². The van der Waals surface area contributed by atoms with Crippen LogP contribution in [0.4, 0.5) is 0 Å². The Morgan fingerprint density at radius 1 is 1.13 bits per heavy atom. The lowest BCUT2D eigenvalue weighted by atomic mass is 10.1. The van der Waals surface area contributed by atoms with E-state index in [4.69, 9.17) is 21.1 Å². The van der Waals surface area contributed by atoms with Crippen LogP contribution in [0, 0.1) is 0 Å². The molecule has 23 heavy (non-hydrogen) atoms. The van der Waals surface area contributed by atoms with Crippen LogP contribution in [0.2, 0.25) is 5.02 Å². The topological polar surface area (TPSA) is 37.0 Å². The zero-order valence-corrected chi connectivity index (χ0v) is 14.1. The maximum Gasteiger partial charge on any atom is 0.179 e. The van der Waals surface area contributed by atoms with Gasteiger partial charge in [0.1, 0.15) is 13.2 Å². The van der Waals surface area contributed by atoms with Gasteiger partial charge in [0, 0.05) is 45.3 Å². The molecule has 0 saturated carbocycles. The van der Waals surface area contributed by atoms with E-state index in [1.807, 2.05) is 6.07 Å². The second-order valence-corrected chi connectivity index (χ2v) is 6.97. The molecule has 2 fully saturated rings. The second kappa shape index (κ2) is 6.85. The second-order valence-electron chi connectivity index (χ2n) is 6.56. The summed E-state index contributed by atoms with van der Waals surface area (Å²) < 4.78 is 11.3. The van der Waals surface area contributed by atoms with Crippen molar-refractivity contribution in [2.45, 2.75) is 19.0 Å². The number of piperazine rings is 1. The van der Waals surface area contributed by atoms with Crippen LogP contribution in [0.15, 0.2) is 12.1 Å². The third-order valence-electron chi connectivity index (χ3n) is 5.02. The summed E-state index contributed by atoms with van der Waals surface area (Å²) in [4.78, 5) is 5.13. The molecule has 2 saturated heterocycles. The molecule has 0 bridgehead atoms. The van der Waals surface area contributed by atoms with E-state index in [9.17, 15) is 0 Å². The van der Waals surface area contributed by atoms with Crippen LogP contribution in [-0.4, -0.2) is 68.3 Å². The predicted molar refractivity (Wildman–Crippen MR) is 90.6 cm³/mol. The van der Waals surface area contributed by atoms with E-state index in [2.05, 4.69) is 21.2 Å². The molecule has 0 aromatic heterocycles. The van der Waals surface area contributed by atoms with Gasteiger partial charge in [-0.1, -0.05) is 11.6 Å². The number of halogens is 1. The number of rotatable bonds is 3. The van der Waals surface area contributed by atoms with Crippen molar-refractivity contribution in [2.75, 3.05) is 52.5 Å². The van der Waals surface area contributed by atoms with Gasteiger partial charge in [-0.25, -0.2) is 0 Å². The summed E-state index contributed by atoms with van der Waals surface area (Å²) in [6, 6.07) is 4.83. The Kier molecular flexibility index (Phi) is 4.62. The maximum absolute atomic E-state index is 6.34. The Balaban J connectivity index is 1.36. The zero-order chi connectivity index (χ0) is 15.6. The molecule has 1 N–H and O–H groups in total. The summed E-state index contributed by atoms with van der Waals surface area (Å²) in [7, 11) is 0. The average Bonchev–Trinajstić information content (AvgIpc) is 3.10. The Morgan fingerprint density at radius 3 is 2.74 bits per heavy atom. The molecule has 4 rings (SSSR count). The summed E-state index contributed by atoms with van der Waals surface area (Å²) in [5.74, 6) is 1.48. The molecule has 3 aliphatic rings. The first kappa shape index (κ1) is 15.5. The van der Waals surface area contributed by atoms with Gasteiger partial charge in [0.25, 0.3) is 0 Å². The van der Waals surface area contributed by atoms with E-state index in [0.29, 0.717) is 24.0 Å². The summed E-state index contributed by atoms with van der Waals surface area (Å²) in [6.45, 7) is 8.96. The first-order chi connectivity index (χ1) is 11.3. The fraction of sp³-hybridized carbons (Fsp3) is 0.647. The van der Waals surface area contributed by atoms with Crippen LogP contribution >= 0.6 is 11.6 Å². The molecule has 1 atom stereocenters. The molecule has 1 unspecified atom stereocenters. The number of ether oxygens (including phenoxy) is 2. The SMILES string of the molecule is Clc1cc(CN2CCN(C3CCNC3)CC2)cc2c1OCCO2. The summed E-state index contributed by atoms with van der Waals surface area (Å²) in [5.41, 5.74) is 1.20. The lowest BCUT2D eigenvalue weighted by Crippen LogP contribution is -2.50. The van der Waals surface area contributed by atoms with Gasteiger partial charge in [0.2, 0.25) is 0 Å². The minimum atomic E-state index is 0.573.